The molecule has 3 N–H and O–H groups in total. The molecule has 0 saturated heterocycles. The Bertz CT molecular complexity index is 228. The summed E-state index contributed by atoms with van der Waals surface area (Å²) in [6, 6.07) is 0. The van der Waals surface area contributed by atoms with E-state index in [0.29, 0.717) is 6.42 Å². The van der Waals surface area contributed by atoms with Gasteiger partial charge in [-0.3, -0.25) is 4.18 Å². The first-order chi connectivity index (χ1) is 6.55. The zero-order chi connectivity index (χ0) is 11.0. The molecule has 0 aromatic heterocycles. The van der Waals surface area contributed by atoms with Gasteiger partial charge in [-0.2, -0.15) is 8.42 Å². The molecule has 0 aromatic carbocycles. The maximum atomic E-state index is 11.0. The van der Waals surface area contributed by atoms with E-state index < -0.39 is 10.4 Å². The lowest BCUT2D eigenvalue weighted by atomic mass is 10.1. The smallest absolute Gasteiger partial charge is 0.344 e. The summed E-state index contributed by atoms with van der Waals surface area (Å²) in [6.07, 6.45) is 4.43. The molecule has 15 heavy (non-hydrogen) atoms. The Morgan fingerprint density at radius 2 is 1.80 bits per heavy atom. The molecule has 1 unspecified atom stereocenters. The zero-order valence-corrected chi connectivity index (χ0v) is 10.7. The highest BCUT2D eigenvalue weighted by Crippen LogP contribution is 2.13. The molecule has 0 heterocycles. The minimum atomic E-state index is -3.77. The third-order valence-electron chi connectivity index (χ3n) is 2.04. The number of rotatable bonds is 8. The fourth-order valence-corrected chi connectivity index (χ4v) is 1.79. The summed E-state index contributed by atoms with van der Waals surface area (Å²) in [6.45, 7) is 4.01. The van der Waals surface area contributed by atoms with Gasteiger partial charge in [-0.1, -0.05) is 33.1 Å². The minimum Gasteiger partial charge on any atom is -0.344 e. The Balaban J connectivity index is 0. The first-order valence-corrected chi connectivity index (χ1v) is 6.37. The van der Waals surface area contributed by atoms with E-state index in [4.69, 9.17) is 4.18 Å². The van der Waals surface area contributed by atoms with E-state index in [1.165, 1.54) is 0 Å². The van der Waals surface area contributed by atoms with Crippen molar-refractivity contribution in [3.63, 3.8) is 0 Å². The van der Waals surface area contributed by atoms with Crippen molar-refractivity contribution in [2.45, 2.75) is 52.1 Å². The van der Waals surface area contributed by atoms with Crippen LogP contribution >= 0.6 is 0 Å². The molecule has 0 aromatic rings. The van der Waals surface area contributed by atoms with Crippen LogP contribution < -0.4 is 6.15 Å². The molecule has 6 heteroatoms. The van der Waals surface area contributed by atoms with Crippen LogP contribution in [-0.2, 0) is 18.8 Å². The van der Waals surface area contributed by atoms with Gasteiger partial charge < -0.3 is 6.15 Å². The lowest BCUT2D eigenvalue weighted by Gasteiger charge is -2.13. The molecular weight excluding hydrogens is 218 g/mol. The molecule has 0 bridgehead atoms. The van der Waals surface area contributed by atoms with E-state index in [0.717, 1.165) is 32.8 Å². The second kappa shape index (κ2) is 9.08. The first kappa shape index (κ1) is 17.2. The van der Waals surface area contributed by atoms with E-state index in [-0.39, 0.29) is 12.3 Å². The summed E-state index contributed by atoms with van der Waals surface area (Å²) in [5.74, 6) is 0. The van der Waals surface area contributed by atoms with Crippen molar-refractivity contribution in [2.75, 3.05) is 7.11 Å². The Morgan fingerprint density at radius 1 is 1.20 bits per heavy atom. The Kier molecular flexibility index (Phi) is 10.4. The molecule has 0 aliphatic heterocycles. The predicted molar refractivity (Wildman–Crippen MR) is 60.3 cm³/mol. The number of unbranched alkanes of at least 4 members (excludes halogenated alkanes) is 2. The van der Waals surface area contributed by atoms with Gasteiger partial charge in [0, 0.05) is 0 Å². The van der Waals surface area contributed by atoms with Crippen LogP contribution in [0.3, 0.4) is 0 Å². The molecule has 0 radical (unpaired) electrons. The summed E-state index contributed by atoms with van der Waals surface area (Å²) in [4.78, 5) is 0. The van der Waals surface area contributed by atoms with E-state index in [2.05, 4.69) is 11.1 Å². The average Bonchev–Trinajstić information content (AvgIpc) is 2.16. The van der Waals surface area contributed by atoms with Crippen LogP contribution in [0.4, 0.5) is 0 Å². The fourth-order valence-electron chi connectivity index (χ4n) is 1.15. The fraction of sp³-hybridized carbons (Fsp3) is 1.00. The Morgan fingerprint density at radius 3 is 2.20 bits per heavy atom. The summed E-state index contributed by atoms with van der Waals surface area (Å²) in [5.41, 5.74) is 0. The van der Waals surface area contributed by atoms with Crippen LogP contribution in [-0.4, -0.2) is 21.6 Å². The van der Waals surface area contributed by atoms with Gasteiger partial charge in [0.1, 0.15) is 0 Å². The molecule has 5 nitrogen and oxygen atoms in total. The Labute approximate surface area is 93.1 Å². The first-order valence-electron chi connectivity index (χ1n) is 5.04. The van der Waals surface area contributed by atoms with Gasteiger partial charge in [-0.25, -0.2) is 4.18 Å². The highest BCUT2D eigenvalue weighted by Gasteiger charge is 2.16. The number of hydrogen-bond acceptors (Lipinski definition) is 5. The quantitative estimate of drug-likeness (QED) is 0.659. The maximum absolute atomic E-state index is 11.0. The topological polar surface area (TPSA) is 87.6 Å². The minimum absolute atomic E-state index is 0. The molecule has 0 spiro atoms. The lowest BCUT2D eigenvalue weighted by Crippen LogP contribution is -2.18. The summed E-state index contributed by atoms with van der Waals surface area (Å²) in [5, 5.41) is 0. The summed E-state index contributed by atoms with van der Waals surface area (Å²) < 4.78 is 31.0. The predicted octanol–water partition coefficient (Wildman–Crippen LogP) is 2.42. The largest absolute Gasteiger partial charge is 0.399 e. The van der Waals surface area contributed by atoms with Crippen molar-refractivity contribution < 1.29 is 16.8 Å². The molecule has 0 rings (SSSR count). The molecule has 0 saturated carbocycles. The van der Waals surface area contributed by atoms with Crippen molar-refractivity contribution in [1.82, 2.24) is 6.15 Å². The van der Waals surface area contributed by atoms with Gasteiger partial charge >= 0.3 is 10.4 Å². The average molecular weight is 241 g/mol. The molecule has 0 fully saturated rings. The third-order valence-corrected chi connectivity index (χ3v) is 2.96. The van der Waals surface area contributed by atoms with E-state index in [9.17, 15) is 8.42 Å². The molecule has 1 atom stereocenters. The SMILES string of the molecule is CCCCCC(CC)OS(=O)(=O)OC.N. The normalized spacial score (nSPS) is 13.3. The number of hydrogen-bond donors (Lipinski definition) is 1. The lowest BCUT2D eigenvalue weighted by molar-refractivity contribution is 0.155. The molecular formula is C9H23NO4S. The van der Waals surface area contributed by atoms with Gasteiger partial charge in [0.05, 0.1) is 13.2 Å². The van der Waals surface area contributed by atoms with E-state index >= 15 is 0 Å². The highest BCUT2D eigenvalue weighted by atomic mass is 32.3. The van der Waals surface area contributed by atoms with E-state index in [1.807, 2.05) is 6.92 Å². The summed E-state index contributed by atoms with van der Waals surface area (Å²) in [7, 11) is -2.66. The molecule has 94 valence electrons. The third kappa shape index (κ3) is 8.80. The monoisotopic (exact) mass is 241 g/mol. The second-order valence-corrected chi connectivity index (χ2v) is 4.54. The van der Waals surface area contributed by atoms with Crippen molar-refractivity contribution in [3.05, 3.63) is 0 Å². The van der Waals surface area contributed by atoms with Gasteiger partial charge in [-0.15, -0.1) is 0 Å². The standard InChI is InChI=1S/C9H20O4S.H3N/c1-4-6-7-8-9(5-2)13-14(10,11)12-3;/h9H,4-8H2,1-3H3;1H3. The van der Waals surface area contributed by atoms with Crippen LogP contribution in [0.1, 0.15) is 46.0 Å². The van der Waals surface area contributed by atoms with Crippen molar-refractivity contribution in [2.24, 2.45) is 0 Å². The van der Waals surface area contributed by atoms with Crippen LogP contribution in [0.2, 0.25) is 0 Å². The zero-order valence-electron chi connectivity index (χ0n) is 9.86. The Hall–Kier alpha value is -0.170. The summed E-state index contributed by atoms with van der Waals surface area (Å²) >= 11 is 0. The van der Waals surface area contributed by atoms with Crippen LogP contribution in [0.25, 0.3) is 0 Å². The highest BCUT2D eigenvalue weighted by molar-refractivity contribution is 7.81. The van der Waals surface area contributed by atoms with E-state index in [1.54, 1.807) is 0 Å². The van der Waals surface area contributed by atoms with Crippen LogP contribution in [0.5, 0.6) is 0 Å². The maximum Gasteiger partial charge on any atom is 0.399 e. The van der Waals surface area contributed by atoms with Gasteiger partial charge in [0.2, 0.25) is 0 Å². The van der Waals surface area contributed by atoms with Crippen LogP contribution in [0, 0.1) is 0 Å². The second-order valence-electron chi connectivity index (χ2n) is 3.20. The van der Waals surface area contributed by atoms with Gasteiger partial charge in [0.15, 0.2) is 0 Å². The van der Waals surface area contributed by atoms with Gasteiger partial charge in [0.25, 0.3) is 0 Å². The van der Waals surface area contributed by atoms with Gasteiger partial charge in [-0.05, 0) is 12.8 Å². The van der Waals surface area contributed by atoms with Crippen molar-refractivity contribution >= 4 is 10.4 Å². The van der Waals surface area contributed by atoms with Crippen LogP contribution in [0.15, 0.2) is 0 Å². The molecule has 0 amide bonds. The molecule has 0 aliphatic rings. The van der Waals surface area contributed by atoms with Crippen molar-refractivity contribution in [3.8, 4) is 0 Å². The van der Waals surface area contributed by atoms with Crippen molar-refractivity contribution in [1.29, 1.82) is 0 Å². The molecule has 0 aliphatic carbocycles.